The molecule has 0 saturated carbocycles. The lowest BCUT2D eigenvalue weighted by molar-refractivity contribution is 0.649. The first-order valence-electron chi connectivity index (χ1n) is 17.2. The van der Waals surface area contributed by atoms with Crippen LogP contribution in [-0.4, -0.2) is 14.5 Å². The Hall–Kier alpha value is -6.06. The molecule has 3 nitrogen and oxygen atoms in total. The standard InChI is InChI=1S/C46H33N3/c1-2-14-33(15-3-1)40-29-41(48-46(47-40)36-22-21-30-11-4-5-16-34(30)27-36)35-17-10-18-37(28-35)49-42-25-23-31-12-6-8-19-38(31)44(42)45-39-20-9-7-13-32(39)24-26-43(45)49/h1-17,19-26,28-29,36-37H,18,27H2. The Morgan fingerprint density at radius 2 is 1.24 bits per heavy atom. The molecular weight excluding hydrogens is 595 g/mol. The summed E-state index contributed by atoms with van der Waals surface area (Å²) in [6.45, 7) is 0. The van der Waals surface area contributed by atoms with E-state index in [0.717, 1.165) is 41.2 Å². The zero-order valence-corrected chi connectivity index (χ0v) is 27.0. The second-order valence-electron chi connectivity index (χ2n) is 13.3. The smallest absolute Gasteiger partial charge is 0.136 e. The molecule has 0 fully saturated rings. The van der Waals surface area contributed by atoms with Gasteiger partial charge in [-0.1, -0.05) is 146 Å². The molecule has 2 heterocycles. The van der Waals surface area contributed by atoms with Gasteiger partial charge in [-0.15, -0.1) is 0 Å². The summed E-state index contributed by atoms with van der Waals surface area (Å²) in [6.07, 6.45) is 13.3. The van der Waals surface area contributed by atoms with Gasteiger partial charge in [0.25, 0.3) is 0 Å². The van der Waals surface area contributed by atoms with E-state index in [9.17, 15) is 0 Å². The highest BCUT2D eigenvalue weighted by atomic mass is 15.0. The number of hydrogen-bond donors (Lipinski definition) is 0. The second kappa shape index (κ2) is 11.3. The van der Waals surface area contributed by atoms with Gasteiger partial charge in [-0.2, -0.15) is 0 Å². The molecule has 0 radical (unpaired) electrons. The summed E-state index contributed by atoms with van der Waals surface area (Å²) in [6, 6.07) is 48.2. The van der Waals surface area contributed by atoms with Crippen LogP contribution in [-0.2, 0) is 6.42 Å². The van der Waals surface area contributed by atoms with Crippen LogP contribution in [0.25, 0.3) is 66.3 Å². The Labute approximate surface area is 285 Å². The highest BCUT2D eigenvalue weighted by Crippen LogP contribution is 2.42. The predicted octanol–water partition coefficient (Wildman–Crippen LogP) is 11.5. The molecule has 2 aliphatic carbocycles. The van der Waals surface area contributed by atoms with E-state index >= 15 is 0 Å². The number of aromatic nitrogens is 3. The normalized spacial score (nSPS) is 17.2. The monoisotopic (exact) mass is 627 g/mol. The SMILES string of the molecule is C1=CC(c2cc(-c3ccccc3)nc(C3C=Cc4ccccc4C3)n2)=CC(n2c3ccc4ccccc4c3c3c4ccccc4ccc32)C1. The number of hydrogen-bond acceptors (Lipinski definition) is 2. The second-order valence-corrected chi connectivity index (χ2v) is 13.3. The lowest BCUT2D eigenvalue weighted by Crippen LogP contribution is -2.12. The predicted molar refractivity (Wildman–Crippen MR) is 205 cm³/mol. The molecular formula is C46H33N3. The quantitative estimate of drug-likeness (QED) is 0.194. The van der Waals surface area contributed by atoms with E-state index in [-0.39, 0.29) is 12.0 Å². The highest BCUT2D eigenvalue weighted by Gasteiger charge is 2.24. The Balaban J connectivity index is 1.16. The molecule has 232 valence electrons. The van der Waals surface area contributed by atoms with Gasteiger partial charge < -0.3 is 4.57 Å². The van der Waals surface area contributed by atoms with Crippen LogP contribution in [0.15, 0.2) is 158 Å². The van der Waals surface area contributed by atoms with Crippen molar-refractivity contribution >= 4 is 55.0 Å². The maximum Gasteiger partial charge on any atom is 0.136 e. The molecule has 0 spiro atoms. The topological polar surface area (TPSA) is 30.7 Å². The first kappa shape index (κ1) is 28.0. The van der Waals surface area contributed by atoms with Crippen molar-refractivity contribution in [2.75, 3.05) is 0 Å². The van der Waals surface area contributed by atoms with Gasteiger partial charge in [0.2, 0.25) is 0 Å². The van der Waals surface area contributed by atoms with Crippen molar-refractivity contribution in [1.29, 1.82) is 0 Å². The molecule has 3 heteroatoms. The molecule has 0 aliphatic heterocycles. The molecule has 6 aromatic carbocycles. The van der Waals surface area contributed by atoms with E-state index in [1.54, 1.807) is 0 Å². The van der Waals surface area contributed by atoms with Gasteiger partial charge >= 0.3 is 0 Å². The van der Waals surface area contributed by atoms with Gasteiger partial charge in [-0.3, -0.25) is 0 Å². The van der Waals surface area contributed by atoms with Gasteiger partial charge in [0, 0.05) is 22.3 Å². The van der Waals surface area contributed by atoms with Gasteiger partial charge in [0.05, 0.1) is 28.5 Å². The van der Waals surface area contributed by atoms with Crippen molar-refractivity contribution in [2.45, 2.75) is 24.8 Å². The summed E-state index contributed by atoms with van der Waals surface area (Å²) in [5.41, 5.74) is 9.31. The molecule has 0 N–H and O–H groups in total. The zero-order valence-electron chi connectivity index (χ0n) is 27.0. The maximum atomic E-state index is 5.31. The van der Waals surface area contributed by atoms with Crippen molar-refractivity contribution in [2.24, 2.45) is 0 Å². The molecule has 2 atom stereocenters. The van der Waals surface area contributed by atoms with Crippen molar-refractivity contribution < 1.29 is 0 Å². The van der Waals surface area contributed by atoms with Crippen LogP contribution in [0.5, 0.6) is 0 Å². The third kappa shape index (κ3) is 4.65. The fraction of sp³-hybridized carbons (Fsp3) is 0.0870. The molecule has 2 unspecified atom stereocenters. The minimum Gasteiger partial charge on any atom is -0.333 e. The zero-order chi connectivity index (χ0) is 32.3. The molecule has 0 bridgehead atoms. The van der Waals surface area contributed by atoms with Gasteiger partial charge in [-0.05, 0) is 69.3 Å². The number of fused-ring (bicyclic) bond motifs is 8. The number of allylic oxidation sites excluding steroid dienone is 5. The van der Waals surface area contributed by atoms with E-state index in [1.165, 1.54) is 54.5 Å². The summed E-state index contributed by atoms with van der Waals surface area (Å²) >= 11 is 0. The van der Waals surface area contributed by atoms with E-state index in [1.807, 2.05) is 0 Å². The van der Waals surface area contributed by atoms with Crippen LogP contribution in [0, 0.1) is 0 Å². The number of benzene rings is 6. The first-order chi connectivity index (χ1) is 24.3. The molecule has 49 heavy (non-hydrogen) atoms. The van der Waals surface area contributed by atoms with Crippen LogP contribution in [0.2, 0.25) is 0 Å². The third-order valence-corrected chi connectivity index (χ3v) is 10.4. The van der Waals surface area contributed by atoms with Crippen molar-refractivity contribution in [3.05, 3.63) is 180 Å². The Bertz CT molecular complexity index is 2580. The summed E-state index contributed by atoms with van der Waals surface area (Å²) < 4.78 is 2.56. The van der Waals surface area contributed by atoms with Crippen LogP contribution in [0.3, 0.4) is 0 Å². The Morgan fingerprint density at radius 1 is 0.592 bits per heavy atom. The Morgan fingerprint density at radius 3 is 2.00 bits per heavy atom. The molecule has 2 aliphatic rings. The molecule has 8 aromatic rings. The van der Waals surface area contributed by atoms with Crippen LogP contribution in [0.4, 0.5) is 0 Å². The number of rotatable bonds is 4. The first-order valence-corrected chi connectivity index (χ1v) is 17.2. The van der Waals surface area contributed by atoms with Crippen LogP contribution < -0.4 is 0 Å². The maximum absolute atomic E-state index is 5.31. The fourth-order valence-corrected chi connectivity index (χ4v) is 8.07. The molecule has 0 saturated heterocycles. The minimum atomic E-state index is 0.111. The van der Waals surface area contributed by atoms with Gasteiger partial charge in [0.1, 0.15) is 5.82 Å². The summed E-state index contributed by atoms with van der Waals surface area (Å²) in [7, 11) is 0. The minimum absolute atomic E-state index is 0.111. The molecule has 10 rings (SSSR count). The lowest BCUT2D eigenvalue weighted by Gasteiger charge is -2.23. The average Bonchev–Trinajstić information content (AvgIpc) is 3.53. The van der Waals surface area contributed by atoms with Crippen molar-refractivity contribution in [1.82, 2.24) is 14.5 Å². The van der Waals surface area contributed by atoms with E-state index in [4.69, 9.17) is 9.97 Å². The lowest BCUT2D eigenvalue weighted by atomic mass is 9.89. The van der Waals surface area contributed by atoms with Gasteiger partial charge in [-0.25, -0.2) is 9.97 Å². The highest BCUT2D eigenvalue weighted by molar-refractivity contribution is 6.28. The number of nitrogens with zero attached hydrogens (tertiary/aromatic N) is 3. The average molecular weight is 628 g/mol. The van der Waals surface area contributed by atoms with E-state index < -0.39 is 0 Å². The summed E-state index contributed by atoms with van der Waals surface area (Å²) in [5, 5.41) is 7.78. The summed E-state index contributed by atoms with van der Waals surface area (Å²) in [5.74, 6) is 0.980. The molecule has 0 amide bonds. The largest absolute Gasteiger partial charge is 0.333 e. The van der Waals surface area contributed by atoms with E-state index in [0.29, 0.717) is 0 Å². The van der Waals surface area contributed by atoms with Crippen LogP contribution in [0.1, 0.15) is 41.0 Å². The third-order valence-electron chi connectivity index (χ3n) is 10.4. The van der Waals surface area contributed by atoms with Crippen molar-refractivity contribution in [3.8, 4) is 11.3 Å². The van der Waals surface area contributed by atoms with Gasteiger partial charge in [0.15, 0.2) is 0 Å². The van der Waals surface area contributed by atoms with Crippen molar-refractivity contribution in [3.63, 3.8) is 0 Å². The fourth-order valence-electron chi connectivity index (χ4n) is 8.07. The Kier molecular flexibility index (Phi) is 6.45. The molecule has 2 aromatic heterocycles. The summed E-state index contributed by atoms with van der Waals surface area (Å²) in [4.78, 5) is 10.5. The van der Waals surface area contributed by atoms with Crippen LogP contribution >= 0.6 is 0 Å². The van der Waals surface area contributed by atoms with E-state index in [2.05, 4.69) is 168 Å².